The summed E-state index contributed by atoms with van der Waals surface area (Å²) in [7, 11) is 0. The Hall–Kier alpha value is -0.120. The van der Waals surface area contributed by atoms with Gasteiger partial charge in [-0.1, -0.05) is 33.6 Å². The van der Waals surface area contributed by atoms with Crippen LogP contribution in [0.4, 0.5) is 0 Å². The van der Waals surface area contributed by atoms with E-state index < -0.39 is 0 Å². The lowest BCUT2D eigenvalue weighted by Crippen LogP contribution is -2.52. The average Bonchev–Trinajstić information content (AvgIpc) is 2.28. The Bertz CT molecular complexity index is 208. The van der Waals surface area contributed by atoms with Gasteiger partial charge in [0.05, 0.1) is 13.2 Å². The van der Waals surface area contributed by atoms with Crippen LogP contribution in [0, 0.1) is 11.8 Å². The Morgan fingerprint density at radius 2 is 2.24 bits per heavy atom. The molecule has 1 aliphatic rings. The highest BCUT2D eigenvalue weighted by molar-refractivity contribution is 4.92. The Morgan fingerprint density at radius 1 is 1.47 bits per heavy atom. The minimum absolute atomic E-state index is 0.0428. The van der Waals surface area contributed by atoms with E-state index in [1.807, 2.05) is 0 Å². The van der Waals surface area contributed by atoms with E-state index in [1.165, 1.54) is 12.8 Å². The molecule has 2 unspecified atom stereocenters. The molecule has 3 heteroatoms. The van der Waals surface area contributed by atoms with Crippen molar-refractivity contribution in [3.63, 3.8) is 0 Å². The molecule has 3 nitrogen and oxygen atoms in total. The first-order chi connectivity index (χ1) is 8.08. The van der Waals surface area contributed by atoms with Crippen LogP contribution in [0.3, 0.4) is 0 Å². The normalized spacial score (nSPS) is 29.8. The number of aliphatic hydroxyl groups is 1. The first-order valence-corrected chi connectivity index (χ1v) is 7.01. The van der Waals surface area contributed by atoms with Crippen LogP contribution in [0.15, 0.2) is 0 Å². The van der Waals surface area contributed by atoms with Gasteiger partial charge < -0.3 is 15.2 Å². The summed E-state index contributed by atoms with van der Waals surface area (Å²) >= 11 is 0. The second kappa shape index (κ2) is 7.34. The molecule has 0 spiro atoms. The van der Waals surface area contributed by atoms with Crippen LogP contribution in [0.5, 0.6) is 0 Å². The molecule has 0 aromatic heterocycles. The SMILES string of the molecule is CC(C)COCCNC1(CO)CCCC(C)C1. The van der Waals surface area contributed by atoms with Gasteiger partial charge in [0.15, 0.2) is 0 Å². The summed E-state index contributed by atoms with van der Waals surface area (Å²) in [5.74, 6) is 1.32. The number of ether oxygens (including phenoxy) is 1. The van der Waals surface area contributed by atoms with Crippen molar-refractivity contribution in [3.8, 4) is 0 Å². The highest BCUT2D eigenvalue weighted by Gasteiger charge is 2.33. The summed E-state index contributed by atoms with van der Waals surface area (Å²) in [6.45, 7) is 9.26. The third kappa shape index (κ3) is 5.36. The fourth-order valence-electron chi connectivity index (χ4n) is 2.73. The van der Waals surface area contributed by atoms with E-state index in [1.54, 1.807) is 0 Å². The van der Waals surface area contributed by atoms with Crippen molar-refractivity contribution in [2.24, 2.45) is 11.8 Å². The Labute approximate surface area is 106 Å². The zero-order valence-corrected chi connectivity index (χ0v) is 11.7. The zero-order chi connectivity index (χ0) is 12.7. The molecule has 0 amide bonds. The molecule has 0 heterocycles. The largest absolute Gasteiger partial charge is 0.394 e. The van der Waals surface area contributed by atoms with Gasteiger partial charge in [0.2, 0.25) is 0 Å². The average molecular weight is 243 g/mol. The highest BCUT2D eigenvalue weighted by atomic mass is 16.5. The summed E-state index contributed by atoms with van der Waals surface area (Å²) in [6, 6.07) is 0. The van der Waals surface area contributed by atoms with Crippen molar-refractivity contribution >= 4 is 0 Å². The van der Waals surface area contributed by atoms with Crippen molar-refractivity contribution in [1.82, 2.24) is 5.32 Å². The summed E-state index contributed by atoms with van der Waals surface area (Å²) in [6.07, 6.45) is 4.71. The lowest BCUT2D eigenvalue weighted by Gasteiger charge is -2.39. The van der Waals surface area contributed by atoms with Gasteiger partial charge in [-0.05, 0) is 24.7 Å². The molecule has 2 N–H and O–H groups in total. The molecule has 1 aliphatic carbocycles. The first-order valence-electron chi connectivity index (χ1n) is 7.01. The van der Waals surface area contributed by atoms with Gasteiger partial charge in [-0.25, -0.2) is 0 Å². The summed E-state index contributed by atoms with van der Waals surface area (Å²) < 4.78 is 5.56. The molecule has 17 heavy (non-hydrogen) atoms. The third-order valence-electron chi connectivity index (χ3n) is 3.59. The number of hydrogen-bond acceptors (Lipinski definition) is 3. The molecule has 1 fully saturated rings. The first kappa shape index (κ1) is 14.9. The van der Waals surface area contributed by atoms with E-state index in [0.29, 0.717) is 5.92 Å². The van der Waals surface area contributed by atoms with Gasteiger partial charge in [0.1, 0.15) is 0 Å². The monoisotopic (exact) mass is 243 g/mol. The predicted molar refractivity (Wildman–Crippen MR) is 71.1 cm³/mol. The van der Waals surface area contributed by atoms with Gasteiger partial charge in [-0.15, -0.1) is 0 Å². The lowest BCUT2D eigenvalue weighted by atomic mass is 9.77. The molecular weight excluding hydrogens is 214 g/mol. The van der Waals surface area contributed by atoms with E-state index in [-0.39, 0.29) is 12.1 Å². The smallest absolute Gasteiger partial charge is 0.0613 e. The van der Waals surface area contributed by atoms with E-state index in [4.69, 9.17) is 4.74 Å². The summed E-state index contributed by atoms with van der Waals surface area (Å²) in [5.41, 5.74) is -0.0428. The van der Waals surface area contributed by atoms with Gasteiger partial charge in [-0.2, -0.15) is 0 Å². The van der Waals surface area contributed by atoms with E-state index in [9.17, 15) is 5.11 Å². The highest BCUT2D eigenvalue weighted by Crippen LogP contribution is 2.31. The van der Waals surface area contributed by atoms with Crippen LogP contribution in [0.25, 0.3) is 0 Å². The van der Waals surface area contributed by atoms with Gasteiger partial charge in [-0.3, -0.25) is 0 Å². The molecular formula is C14H29NO2. The third-order valence-corrected chi connectivity index (χ3v) is 3.59. The summed E-state index contributed by atoms with van der Waals surface area (Å²) in [4.78, 5) is 0. The van der Waals surface area contributed by atoms with Crippen LogP contribution < -0.4 is 5.32 Å². The number of rotatable bonds is 7. The van der Waals surface area contributed by atoms with Crippen LogP contribution in [-0.2, 0) is 4.74 Å². The van der Waals surface area contributed by atoms with Crippen molar-refractivity contribution in [3.05, 3.63) is 0 Å². The van der Waals surface area contributed by atoms with Crippen molar-refractivity contribution in [2.75, 3.05) is 26.4 Å². The molecule has 0 aromatic rings. The quantitative estimate of drug-likeness (QED) is 0.674. The molecule has 0 aromatic carbocycles. The second-order valence-corrected chi connectivity index (χ2v) is 6.04. The van der Waals surface area contributed by atoms with Crippen LogP contribution in [0.2, 0.25) is 0 Å². The van der Waals surface area contributed by atoms with Gasteiger partial charge >= 0.3 is 0 Å². The van der Waals surface area contributed by atoms with E-state index >= 15 is 0 Å². The fraction of sp³-hybridized carbons (Fsp3) is 1.00. The topological polar surface area (TPSA) is 41.5 Å². The Balaban J connectivity index is 2.22. The van der Waals surface area contributed by atoms with Crippen molar-refractivity contribution in [1.29, 1.82) is 0 Å². The minimum Gasteiger partial charge on any atom is -0.394 e. The maximum Gasteiger partial charge on any atom is 0.0613 e. The van der Waals surface area contributed by atoms with E-state index in [0.717, 1.165) is 38.5 Å². The van der Waals surface area contributed by atoms with Crippen LogP contribution >= 0.6 is 0 Å². The maximum atomic E-state index is 9.60. The van der Waals surface area contributed by atoms with E-state index in [2.05, 4.69) is 26.1 Å². The number of aliphatic hydroxyl groups excluding tert-OH is 1. The van der Waals surface area contributed by atoms with Crippen molar-refractivity contribution < 1.29 is 9.84 Å². The Morgan fingerprint density at radius 3 is 2.82 bits per heavy atom. The molecule has 2 atom stereocenters. The lowest BCUT2D eigenvalue weighted by molar-refractivity contribution is 0.0728. The number of hydrogen-bond donors (Lipinski definition) is 2. The Kier molecular flexibility index (Phi) is 6.45. The van der Waals surface area contributed by atoms with Gasteiger partial charge in [0.25, 0.3) is 0 Å². The van der Waals surface area contributed by atoms with Crippen LogP contribution in [0.1, 0.15) is 46.5 Å². The molecule has 1 saturated carbocycles. The zero-order valence-electron chi connectivity index (χ0n) is 11.7. The predicted octanol–water partition coefficient (Wildman–Crippen LogP) is 2.19. The van der Waals surface area contributed by atoms with Crippen molar-refractivity contribution in [2.45, 2.75) is 52.0 Å². The molecule has 1 rings (SSSR count). The molecule has 0 bridgehead atoms. The standard InChI is InChI=1S/C14H29NO2/c1-12(2)10-17-8-7-15-14(11-16)6-4-5-13(3)9-14/h12-13,15-16H,4-11H2,1-3H3. The molecule has 0 saturated heterocycles. The molecule has 0 radical (unpaired) electrons. The van der Waals surface area contributed by atoms with Gasteiger partial charge in [0, 0.05) is 18.7 Å². The second-order valence-electron chi connectivity index (χ2n) is 6.04. The fourth-order valence-corrected chi connectivity index (χ4v) is 2.73. The molecule has 0 aliphatic heterocycles. The molecule has 102 valence electrons. The minimum atomic E-state index is -0.0428. The summed E-state index contributed by atoms with van der Waals surface area (Å²) in [5, 5.41) is 13.1. The van der Waals surface area contributed by atoms with Crippen LogP contribution in [-0.4, -0.2) is 37.0 Å². The maximum absolute atomic E-state index is 9.60. The number of nitrogens with one attached hydrogen (secondary N) is 1.